The molecule has 3 fully saturated rings. The maximum atomic E-state index is 13.6. The van der Waals surface area contributed by atoms with E-state index in [9.17, 15) is 19.1 Å². The number of carbonyl (C=O) groups is 2. The molecular weight excluding hydrogens is 449 g/mol. The van der Waals surface area contributed by atoms with Crippen LogP contribution < -0.4 is 15.4 Å². The number of nitrogens with one attached hydrogen (secondary N) is 2. The number of halogens is 2. The molecule has 3 saturated carbocycles. The summed E-state index contributed by atoms with van der Waals surface area (Å²) in [6.07, 6.45) is 5.21. The molecule has 2 amide bonds. The molecule has 3 N–H and O–H groups in total. The van der Waals surface area contributed by atoms with Crippen LogP contribution in [0.1, 0.15) is 55.1 Å². The van der Waals surface area contributed by atoms with Crippen LogP contribution in [0.2, 0.25) is 5.02 Å². The fraction of sp³-hybridized carbons (Fsp3) is 0.458. The van der Waals surface area contributed by atoms with Crippen LogP contribution in [0.15, 0.2) is 36.5 Å². The van der Waals surface area contributed by atoms with Gasteiger partial charge in [0.25, 0.3) is 11.8 Å². The van der Waals surface area contributed by atoms with Crippen molar-refractivity contribution in [1.82, 2.24) is 15.6 Å². The molecule has 0 radical (unpaired) electrons. The minimum atomic E-state index is -0.599. The van der Waals surface area contributed by atoms with Gasteiger partial charge in [0, 0.05) is 23.3 Å². The molecule has 1 aromatic heterocycles. The summed E-state index contributed by atoms with van der Waals surface area (Å²) in [6, 6.07) is 7.32. The number of ether oxygens (including phenoxy) is 1. The Morgan fingerprint density at radius 1 is 1.21 bits per heavy atom. The number of nitrogens with zero attached hydrogens (tertiary/aromatic N) is 1. The number of carbonyl (C=O) groups excluding carboxylic acids is 2. The van der Waals surface area contributed by atoms with Crippen molar-refractivity contribution >= 4 is 23.4 Å². The lowest BCUT2D eigenvalue weighted by Crippen LogP contribution is -2.67. The van der Waals surface area contributed by atoms with Crippen LogP contribution in [0.5, 0.6) is 5.75 Å². The van der Waals surface area contributed by atoms with Crippen LogP contribution in [0.4, 0.5) is 4.39 Å². The van der Waals surface area contributed by atoms with E-state index in [0.29, 0.717) is 5.56 Å². The van der Waals surface area contributed by atoms with Gasteiger partial charge >= 0.3 is 0 Å². The first-order valence-corrected chi connectivity index (χ1v) is 11.4. The third kappa shape index (κ3) is 4.96. The molecular formula is C24H27ClFN3O4. The second-order valence-corrected chi connectivity index (χ2v) is 9.52. The van der Waals surface area contributed by atoms with Gasteiger partial charge in [-0.3, -0.25) is 14.6 Å². The summed E-state index contributed by atoms with van der Waals surface area (Å²) in [6.45, 7) is 1.72. The summed E-state index contributed by atoms with van der Waals surface area (Å²) >= 11 is 5.67. The van der Waals surface area contributed by atoms with Gasteiger partial charge in [-0.1, -0.05) is 18.5 Å². The van der Waals surface area contributed by atoms with Crippen molar-refractivity contribution in [3.8, 4) is 5.75 Å². The zero-order chi connectivity index (χ0) is 23.6. The number of hydrogen-bond donors (Lipinski definition) is 3. The zero-order valence-electron chi connectivity index (χ0n) is 18.4. The Bertz CT molecular complexity index is 1060. The lowest BCUT2D eigenvalue weighted by Gasteiger charge is -2.57. The van der Waals surface area contributed by atoms with E-state index < -0.39 is 5.82 Å². The average molecular weight is 476 g/mol. The van der Waals surface area contributed by atoms with Gasteiger partial charge in [0.05, 0.1) is 11.6 Å². The minimum Gasteiger partial charge on any atom is -0.484 e. The van der Waals surface area contributed by atoms with E-state index in [0.717, 1.165) is 38.2 Å². The van der Waals surface area contributed by atoms with Gasteiger partial charge in [-0.15, -0.1) is 0 Å². The summed E-state index contributed by atoms with van der Waals surface area (Å²) in [5.74, 6) is -0.724. The maximum absolute atomic E-state index is 13.6. The SMILES string of the molecule is C[C@H]1CC2(NC(=O)c3cc(CO)ccn3)CCC1(NC(=O)COc1ccc(Cl)c(F)c1)CC2. The molecule has 1 atom stereocenters. The molecule has 7 nitrogen and oxygen atoms in total. The van der Waals surface area contributed by atoms with E-state index in [2.05, 4.69) is 22.5 Å². The number of amides is 2. The topological polar surface area (TPSA) is 101 Å². The van der Waals surface area contributed by atoms with Crippen LogP contribution >= 0.6 is 11.6 Å². The number of aliphatic hydroxyl groups excluding tert-OH is 1. The Morgan fingerprint density at radius 2 is 1.97 bits per heavy atom. The molecule has 3 aliphatic rings. The second-order valence-electron chi connectivity index (χ2n) is 9.12. The van der Waals surface area contributed by atoms with Crippen molar-refractivity contribution in [2.75, 3.05) is 6.61 Å². The predicted octanol–water partition coefficient (Wildman–Crippen LogP) is 3.38. The first-order chi connectivity index (χ1) is 15.7. The third-order valence-electron chi connectivity index (χ3n) is 7.01. The third-order valence-corrected chi connectivity index (χ3v) is 7.31. The van der Waals surface area contributed by atoms with Crippen LogP contribution in [-0.2, 0) is 11.4 Å². The number of pyridine rings is 1. The number of fused-ring (bicyclic) bond motifs is 3. The van der Waals surface area contributed by atoms with E-state index in [1.807, 2.05) is 0 Å². The second kappa shape index (κ2) is 9.27. The van der Waals surface area contributed by atoms with E-state index in [1.165, 1.54) is 18.3 Å². The quantitative estimate of drug-likeness (QED) is 0.570. The van der Waals surface area contributed by atoms with Crippen LogP contribution in [0.25, 0.3) is 0 Å². The van der Waals surface area contributed by atoms with Gasteiger partial charge in [-0.2, -0.15) is 0 Å². The van der Waals surface area contributed by atoms with Gasteiger partial charge in [-0.25, -0.2) is 4.39 Å². The highest BCUT2D eigenvalue weighted by Crippen LogP contribution is 2.50. The monoisotopic (exact) mass is 475 g/mol. The van der Waals surface area contributed by atoms with Gasteiger partial charge in [-0.05, 0) is 67.9 Å². The highest BCUT2D eigenvalue weighted by molar-refractivity contribution is 6.30. The number of rotatable bonds is 7. The molecule has 5 rings (SSSR count). The van der Waals surface area contributed by atoms with Gasteiger partial charge < -0.3 is 20.5 Å². The Balaban J connectivity index is 1.35. The summed E-state index contributed by atoms with van der Waals surface area (Å²) in [5.41, 5.74) is 0.235. The Hall–Kier alpha value is -2.71. The minimum absolute atomic E-state index is 0.00335. The largest absolute Gasteiger partial charge is 0.484 e. The smallest absolute Gasteiger partial charge is 0.270 e. The van der Waals surface area contributed by atoms with Crippen molar-refractivity contribution in [2.24, 2.45) is 5.92 Å². The molecule has 9 heteroatoms. The van der Waals surface area contributed by atoms with Gasteiger partial charge in [0.15, 0.2) is 6.61 Å². The summed E-state index contributed by atoms with van der Waals surface area (Å²) < 4.78 is 19.0. The molecule has 1 aromatic carbocycles. The van der Waals surface area contributed by atoms with E-state index in [-0.39, 0.29) is 58.5 Å². The van der Waals surface area contributed by atoms with E-state index >= 15 is 0 Å². The van der Waals surface area contributed by atoms with Gasteiger partial charge in [0.2, 0.25) is 0 Å². The number of benzene rings is 1. The predicted molar refractivity (Wildman–Crippen MR) is 120 cm³/mol. The normalized spacial score (nSPS) is 26.0. The van der Waals surface area contributed by atoms with Crippen molar-refractivity contribution in [3.63, 3.8) is 0 Å². The lowest BCUT2D eigenvalue weighted by atomic mass is 9.56. The molecule has 33 heavy (non-hydrogen) atoms. The number of aliphatic hydroxyl groups is 1. The summed E-state index contributed by atoms with van der Waals surface area (Å²) in [5, 5.41) is 15.6. The first kappa shape index (κ1) is 23.4. The Kier molecular flexibility index (Phi) is 6.59. The van der Waals surface area contributed by atoms with Crippen molar-refractivity contribution in [3.05, 3.63) is 58.6 Å². The van der Waals surface area contributed by atoms with Crippen molar-refractivity contribution in [1.29, 1.82) is 0 Å². The lowest BCUT2D eigenvalue weighted by molar-refractivity contribution is -0.128. The molecule has 0 spiro atoms. The molecule has 0 aliphatic heterocycles. The fourth-order valence-corrected chi connectivity index (χ4v) is 5.23. The molecule has 0 unspecified atom stereocenters. The molecule has 1 heterocycles. The highest BCUT2D eigenvalue weighted by Gasteiger charge is 2.54. The van der Waals surface area contributed by atoms with Crippen molar-refractivity contribution in [2.45, 2.75) is 56.7 Å². The Labute approximate surface area is 196 Å². The number of aromatic nitrogens is 1. The molecule has 3 aliphatic carbocycles. The average Bonchev–Trinajstić information content (AvgIpc) is 2.81. The van der Waals surface area contributed by atoms with E-state index in [4.69, 9.17) is 16.3 Å². The Morgan fingerprint density at radius 3 is 2.64 bits per heavy atom. The maximum Gasteiger partial charge on any atom is 0.270 e. The van der Waals surface area contributed by atoms with Crippen LogP contribution in [0, 0.1) is 11.7 Å². The zero-order valence-corrected chi connectivity index (χ0v) is 19.1. The highest BCUT2D eigenvalue weighted by atomic mass is 35.5. The molecule has 2 aromatic rings. The summed E-state index contributed by atoms with van der Waals surface area (Å²) in [4.78, 5) is 29.6. The van der Waals surface area contributed by atoms with Gasteiger partial charge in [0.1, 0.15) is 17.3 Å². The summed E-state index contributed by atoms with van der Waals surface area (Å²) in [7, 11) is 0. The first-order valence-electron chi connectivity index (χ1n) is 11.0. The standard InChI is InChI=1S/C24H27ClFN3O4/c1-15-12-23(29-22(32)20-10-16(13-30)4-9-27-20)5-7-24(15,8-6-23)28-21(31)14-33-17-2-3-18(25)19(26)11-17/h2-4,9-11,15,30H,5-8,12-14H2,1H3,(H,28,31)(H,29,32)/t15-,23?,24?/m0/s1. The molecule has 0 saturated heterocycles. The molecule has 176 valence electrons. The van der Waals surface area contributed by atoms with Crippen LogP contribution in [-0.4, -0.2) is 39.6 Å². The fourth-order valence-electron chi connectivity index (χ4n) is 5.11. The van der Waals surface area contributed by atoms with Crippen LogP contribution in [0.3, 0.4) is 0 Å². The van der Waals surface area contributed by atoms with Crippen molar-refractivity contribution < 1.29 is 23.8 Å². The molecule has 2 bridgehead atoms. The van der Waals surface area contributed by atoms with E-state index in [1.54, 1.807) is 12.1 Å². The number of hydrogen-bond acceptors (Lipinski definition) is 5.